The van der Waals surface area contributed by atoms with Gasteiger partial charge in [-0.2, -0.15) is 0 Å². The summed E-state index contributed by atoms with van der Waals surface area (Å²) in [6, 6.07) is 8.90. The fourth-order valence-corrected chi connectivity index (χ4v) is 5.92. The van der Waals surface area contributed by atoms with Crippen LogP contribution in [0.25, 0.3) is 10.9 Å². The van der Waals surface area contributed by atoms with Crippen molar-refractivity contribution in [1.82, 2.24) is 4.98 Å². The minimum Gasteiger partial charge on any atom is -0.550 e. The number of para-hydroxylation sites is 1. The van der Waals surface area contributed by atoms with Gasteiger partial charge in [-0.25, -0.2) is 0 Å². The zero-order valence-electron chi connectivity index (χ0n) is 14.1. The van der Waals surface area contributed by atoms with Gasteiger partial charge < -0.3 is 19.4 Å². The molecule has 0 aliphatic carbocycles. The van der Waals surface area contributed by atoms with Gasteiger partial charge in [0.25, 0.3) is 0 Å². The summed E-state index contributed by atoms with van der Waals surface area (Å²) in [6.45, 7) is 3.01. The van der Waals surface area contributed by atoms with E-state index in [0.29, 0.717) is 6.04 Å². The summed E-state index contributed by atoms with van der Waals surface area (Å²) >= 11 is 0. The molecule has 0 radical (unpaired) electrons. The molecule has 0 amide bonds. The summed E-state index contributed by atoms with van der Waals surface area (Å²) < 4.78 is 0.814. The Morgan fingerprint density at radius 1 is 1.38 bits per heavy atom. The molecule has 6 rings (SSSR count). The number of rotatable bonds is 1. The number of benzene rings is 1. The van der Waals surface area contributed by atoms with Gasteiger partial charge in [0.05, 0.1) is 24.6 Å². The van der Waals surface area contributed by atoms with Crippen molar-refractivity contribution in [2.75, 3.05) is 13.6 Å². The van der Waals surface area contributed by atoms with Gasteiger partial charge in [0.15, 0.2) is 0 Å². The number of piperidine rings is 3. The molecule has 4 nitrogen and oxygen atoms in total. The van der Waals surface area contributed by atoms with Crippen LogP contribution < -0.4 is 5.11 Å². The third-order valence-electron chi connectivity index (χ3n) is 7.03. The summed E-state index contributed by atoms with van der Waals surface area (Å²) in [5, 5.41) is 13.3. The number of quaternary nitrogens is 1. The lowest BCUT2D eigenvalue weighted by atomic mass is 9.62. The van der Waals surface area contributed by atoms with Crippen LogP contribution in [0, 0.1) is 11.8 Å². The van der Waals surface area contributed by atoms with Gasteiger partial charge in [0.2, 0.25) is 0 Å². The Morgan fingerprint density at radius 3 is 2.92 bits per heavy atom. The van der Waals surface area contributed by atoms with Crippen LogP contribution in [0.5, 0.6) is 0 Å². The van der Waals surface area contributed by atoms with Gasteiger partial charge in [0.1, 0.15) is 18.6 Å². The van der Waals surface area contributed by atoms with Crippen molar-refractivity contribution in [3.8, 4) is 0 Å². The van der Waals surface area contributed by atoms with E-state index < -0.39 is 5.97 Å². The molecule has 5 heterocycles. The predicted octanol–water partition coefficient (Wildman–Crippen LogP) is 1.93. The molecule has 3 fully saturated rings. The smallest absolute Gasteiger partial charge is 0.131 e. The Morgan fingerprint density at radius 2 is 2.17 bits per heavy atom. The average Bonchev–Trinajstić information content (AvgIpc) is 2.92. The third kappa shape index (κ3) is 1.55. The summed E-state index contributed by atoms with van der Waals surface area (Å²) in [5.41, 5.74) is 5.16. The molecule has 2 aromatic rings. The highest BCUT2D eigenvalue weighted by Gasteiger charge is 2.62. The molecule has 4 heteroatoms. The van der Waals surface area contributed by atoms with Crippen LogP contribution in [0.1, 0.15) is 30.6 Å². The number of fused-ring (bicyclic) bond motifs is 4. The zero-order chi connectivity index (χ0) is 16.6. The quantitative estimate of drug-likeness (QED) is 0.644. The molecular weight excluding hydrogens is 300 g/mol. The van der Waals surface area contributed by atoms with Crippen molar-refractivity contribution in [3.05, 3.63) is 47.2 Å². The molecule has 2 unspecified atom stereocenters. The highest BCUT2D eigenvalue weighted by molar-refractivity contribution is 5.85. The van der Waals surface area contributed by atoms with Gasteiger partial charge in [0, 0.05) is 29.7 Å². The number of carboxylic acids is 1. The van der Waals surface area contributed by atoms with Crippen LogP contribution in [-0.2, 0) is 11.2 Å². The predicted molar refractivity (Wildman–Crippen MR) is 89.9 cm³/mol. The summed E-state index contributed by atoms with van der Waals surface area (Å²) in [6.07, 6.45) is 3.88. The van der Waals surface area contributed by atoms with Gasteiger partial charge in [-0.15, -0.1) is 0 Å². The maximum Gasteiger partial charge on any atom is 0.131 e. The molecule has 0 spiro atoms. The van der Waals surface area contributed by atoms with E-state index in [1.807, 2.05) is 6.92 Å². The number of nitrogens with one attached hydrogen (secondary N) is 1. The normalized spacial score (nSPS) is 38.5. The number of allylic oxidation sites excluding steroid dienone is 1. The number of H-pyrrole nitrogens is 1. The SMILES string of the molecule is C/C=C1/C[N+]2(C)[C@H]3C[C@@H]1C(C(=O)[O-])[C@@H]2Cc1c3[nH]c2ccccc12. The zero-order valence-corrected chi connectivity index (χ0v) is 14.1. The second-order valence-electron chi connectivity index (χ2n) is 7.91. The molecule has 0 saturated carbocycles. The summed E-state index contributed by atoms with van der Waals surface area (Å²) in [5.74, 6) is -1.10. The minimum atomic E-state index is -0.866. The molecule has 3 saturated heterocycles. The number of aromatic nitrogens is 1. The number of nitrogens with zero attached hydrogens (tertiary/aromatic N) is 1. The maximum atomic E-state index is 12.0. The Hall–Kier alpha value is -2.07. The highest BCUT2D eigenvalue weighted by Crippen LogP contribution is 2.57. The van der Waals surface area contributed by atoms with Crippen LogP contribution in [0.2, 0.25) is 0 Å². The van der Waals surface area contributed by atoms with E-state index in [-0.39, 0.29) is 17.9 Å². The maximum absolute atomic E-state index is 12.0. The lowest BCUT2D eigenvalue weighted by molar-refractivity contribution is -0.977. The number of aromatic amines is 1. The summed E-state index contributed by atoms with van der Waals surface area (Å²) in [7, 11) is 2.25. The first-order chi connectivity index (χ1) is 11.5. The first kappa shape index (κ1) is 14.3. The number of carboxylic acid groups (broad SMARTS) is 1. The first-order valence-electron chi connectivity index (χ1n) is 8.85. The van der Waals surface area contributed by atoms with Crippen LogP contribution in [0.4, 0.5) is 0 Å². The fraction of sp³-hybridized carbons (Fsp3) is 0.450. The Kier molecular flexibility index (Phi) is 2.69. The van der Waals surface area contributed by atoms with E-state index in [4.69, 9.17) is 0 Å². The summed E-state index contributed by atoms with van der Waals surface area (Å²) in [4.78, 5) is 15.7. The molecule has 4 bridgehead atoms. The number of likely N-dealkylation sites (N-methyl/N-ethyl adjacent to an activating group) is 1. The van der Waals surface area contributed by atoms with E-state index in [1.54, 1.807) is 0 Å². The molecule has 124 valence electrons. The third-order valence-corrected chi connectivity index (χ3v) is 7.03. The number of aliphatic carboxylic acids is 1. The first-order valence-corrected chi connectivity index (χ1v) is 8.85. The van der Waals surface area contributed by atoms with E-state index in [9.17, 15) is 9.90 Å². The Labute approximate surface area is 141 Å². The monoisotopic (exact) mass is 322 g/mol. The minimum absolute atomic E-state index is 0.120. The van der Waals surface area contributed by atoms with Crippen LogP contribution in [-0.4, -0.2) is 35.1 Å². The van der Waals surface area contributed by atoms with Gasteiger partial charge in [-0.05, 0) is 24.1 Å². The molecule has 5 atom stereocenters. The molecule has 4 aliphatic rings. The number of carbonyl (C=O) groups excluding carboxylic acids is 1. The second-order valence-corrected chi connectivity index (χ2v) is 7.91. The van der Waals surface area contributed by atoms with Gasteiger partial charge >= 0.3 is 0 Å². The van der Waals surface area contributed by atoms with Crippen LogP contribution >= 0.6 is 0 Å². The fourth-order valence-electron chi connectivity index (χ4n) is 5.92. The standard InChI is InChI=1S/C20H22N2O2/c1-3-11-10-22(2)16-9-14-12-6-4-5-7-15(12)21-19(14)17(22)8-13(11)18(16)20(23)24/h3-7,13,16-18,21H,8-10H2,1-2H3/b11-3-/t13-,16-,17-,18?,22?/m0/s1. The highest BCUT2D eigenvalue weighted by atomic mass is 16.4. The van der Waals surface area contributed by atoms with E-state index in [0.717, 1.165) is 23.9 Å². The van der Waals surface area contributed by atoms with Crippen LogP contribution in [0.15, 0.2) is 35.9 Å². The molecule has 4 aliphatic heterocycles. The lowest BCUT2D eigenvalue weighted by Gasteiger charge is -2.63. The van der Waals surface area contributed by atoms with E-state index >= 15 is 0 Å². The average molecular weight is 322 g/mol. The Balaban J connectivity index is 1.75. The molecule has 1 aromatic carbocycles. The van der Waals surface area contributed by atoms with Crippen molar-refractivity contribution in [1.29, 1.82) is 0 Å². The van der Waals surface area contributed by atoms with E-state index in [1.165, 1.54) is 27.7 Å². The number of carbonyl (C=O) groups is 1. The van der Waals surface area contributed by atoms with E-state index in [2.05, 4.69) is 42.4 Å². The van der Waals surface area contributed by atoms with Crippen molar-refractivity contribution in [2.24, 2.45) is 11.8 Å². The van der Waals surface area contributed by atoms with Gasteiger partial charge in [-0.1, -0.05) is 24.3 Å². The largest absolute Gasteiger partial charge is 0.550 e. The van der Waals surface area contributed by atoms with Crippen molar-refractivity contribution in [2.45, 2.75) is 31.8 Å². The Bertz CT molecular complexity index is 896. The number of hydrogen-bond donors (Lipinski definition) is 1. The molecule has 24 heavy (non-hydrogen) atoms. The topological polar surface area (TPSA) is 55.9 Å². The van der Waals surface area contributed by atoms with Crippen LogP contribution in [0.3, 0.4) is 0 Å². The lowest BCUT2D eigenvalue weighted by Crippen LogP contribution is -2.72. The molecule has 1 aromatic heterocycles. The second kappa shape index (κ2) is 4.51. The number of hydrogen-bond acceptors (Lipinski definition) is 2. The molecular formula is C20H22N2O2. The van der Waals surface area contributed by atoms with Crippen molar-refractivity contribution in [3.63, 3.8) is 0 Å². The molecule has 1 N–H and O–H groups in total. The van der Waals surface area contributed by atoms with Crippen molar-refractivity contribution < 1.29 is 14.4 Å². The van der Waals surface area contributed by atoms with Gasteiger partial charge in [-0.3, -0.25) is 0 Å². The van der Waals surface area contributed by atoms with Crippen molar-refractivity contribution >= 4 is 16.9 Å².